The van der Waals surface area contributed by atoms with Crippen LogP contribution in [0.25, 0.3) is 11.5 Å². The molecule has 8 heteroatoms. The van der Waals surface area contributed by atoms with Crippen molar-refractivity contribution in [2.75, 3.05) is 20.2 Å². The molecule has 1 amide bonds. The maximum atomic E-state index is 12.6. The van der Waals surface area contributed by atoms with Crippen LogP contribution in [-0.4, -0.2) is 46.1 Å². The summed E-state index contributed by atoms with van der Waals surface area (Å²) in [7, 11) is 1.61. The lowest BCUT2D eigenvalue weighted by atomic mass is 9.95. The van der Waals surface area contributed by atoms with Crippen LogP contribution < -0.4 is 4.74 Å². The summed E-state index contributed by atoms with van der Waals surface area (Å²) >= 11 is 5.89. The second-order valence-corrected chi connectivity index (χ2v) is 6.98. The second-order valence-electron chi connectivity index (χ2n) is 6.59. The van der Waals surface area contributed by atoms with E-state index in [2.05, 4.69) is 15.1 Å². The predicted molar refractivity (Wildman–Crippen MR) is 103 cm³/mol. The molecule has 0 bridgehead atoms. The van der Waals surface area contributed by atoms with Gasteiger partial charge in [-0.3, -0.25) is 4.79 Å². The Bertz CT molecular complexity index is 983. The number of carbonyl (C=O) groups is 1. The van der Waals surface area contributed by atoms with Crippen LogP contribution in [-0.2, 0) is 0 Å². The van der Waals surface area contributed by atoms with Crippen LogP contribution in [0.1, 0.15) is 34.9 Å². The Balaban J connectivity index is 1.43. The van der Waals surface area contributed by atoms with Crippen LogP contribution in [0.2, 0.25) is 5.15 Å². The number of nitrogens with zero attached hydrogens (tertiary/aromatic N) is 4. The normalized spacial score (nSPS) is 14.9. The Kier molecular flexibility index (Phi) is 5.25. The summed E-state index contributed by atoms with van der Waals surface area (Å²) in [6.07, 6.45) is 3.09. The second kappa shape index (κ2) is 7.98. The molecule has 0 N–H and O–H groups in total. The lowest BCUT2D eigenvalue weighted by molar-refractivity contribution is 0.0710. The number of amides is 1. The van der Waals surface area contributed by atoms with Crippen molar-refractivity contribution in [2.45, 2.75) is 18.8 Å². The monoisotopic (exact) mass is 398 g/mol. The number of hydrogen-bond donors (Lipinski definition) is 0. The molecule has 0 spiro atoms. The molecule has 1 saturated heterocycles. The summed E-state index contributed by atoms with van der Waals surface area (Å²) in [6, 6.07) is 10.8. The standard InChI is InChI=1S/C20H19ClN4O3/c1-27-16-5-3-2-4-15(16)19-23-18(24-28-19)13-7-10-25(11-8-13)20(26)14-6-9-22-17(21)12-14/h2-6,9,12-13H,7-8,10-11H2,1H3. The van der Waals surface area contributed by atoms with Gasteiger partial charge in [0.1, 0.15) is 10.9 Å². The van der Waals surface area contributed by atoms with E-state index in [4.69, 9.17) is 20.9 Å². The number of carbonyl (C=O) groups excluding carboxylic acids is 1. The molecule has 7 nitrogen and oxygen atoms in total. The topological polar surface area (TPSA) is 81.4 Å². The van der Waals surface area contributed by atoms with Gasteiger partial charge in [-0.1, -0.05) is 28.9 Å². The molecule has 0 radical (unpaired) electrons. The van der Waals surface area contributed by atoms with Crippen LogP contribution in [0.3, 0.4) is 0 Å². The fourth-order valence-electron chi connectivity index (χ4n) is 3.39. The summed E-state index contributed by atoms with van der Waals surface area (Å²) in [5.41, 5.74) is 1.32. The summed E-state index contributed by atoms with van der Waals surface area (Å²) in [4.78, 5) is 22.9. The van der Waals surface area contributed by atoms with Gasteiger partial charge in [-0.2, -0.15) is 4.98 Å². The maximum Gasteiger partial charge on any atom is 0.261 e. The highest BCUT2D eigenvalue weighted by atomic mass is 35.5. The molecule has 0 atom stereocenters. The van der Waals surface area contributed by atoms with Crippen molar-refractivity contribution in [3.63, 3.8) is 0 Å². The van der Waals surface area contributed by atoms with Crippen LogP contribution in [0, 0.1) is 0 Å². The highest BCUT2D eigenvalue weighted by Crippen LogP contribution is 2.32. The fourth-order valence-corrected chi connectivity index (χ4v) is 3.56. The van der Waals surface area contributed by atoms with Gasteiger partial charge in [0, 0.05) is 30.8 Å². The number of rotatable bonds is 4. The van der Waals surface area contributed by atoms with E-state index >= 15 is 0 Å². The zero-order chi connectivity index (χ0) is 19.5. The first-order valence-electron chi connectivity index (χ1n) is 9.03. The first kappa shape index (κ1) is 18.4. The molecule has 0 saturated carbocycles. The molecule has 3 heterocycles. The number of para-hydroxylation sites is 1. The average Bonchev–Trinajstić information content (AvgIpc) is 3.23. The van der Waals surface area contributed by atoms with Gasteiger partial charge in [0.2, 0.25) is 0 Å². The third kappa shape index (κ3) is 3.71. The smallest absolute Gasteiger partial charge is 0.261 e. The van der Waals surface area contributed by atoms with E-state index in [1.54, 1.807) is 25.4 Å². The zero-order valence-electron chi connectivity index (χ0n) is 15.3. The Hall–Kier alpha value is -2.93. The van der Waals surface area contributed by atoms with Gasteiger partial charge in [-0.25, -0.2) is 4.98 Å². The Morgan fingerprint density at radius 3 is 2.79 bits per heavy atom. The Morgan fingerprint density at radius 1 is 1.25 bits per heavy atom. The average molecular weight is 399 g/mol. The molecule has 2 aromatic heterocycles. The van der Waals surface area contributed by atoms with Gasteiger partial charge in [-0.05, 0) is 37.1 Å². The summed E-state index contributed by atoms with van der Waals surface area (Å²) < 4.78 is 10.8. The van der Waals surface area contributed by atoms with Crippen molar-refractivity contribution in [2.24, 2.45) is 0 Å². The number of hydrogen-bond acceptors (Lipinski definition) is 6. The Morgan fingerprint density at radius 2 is 2.04 bits per heavy atom. The van der Waals surface area contributed by atoms with E-state index in [0.717, 1.165) is 18.4 Å². The van der Waals surface area contributed by atoms with Crippen LogP contribution >= 0.6 is 11.6 Å². The molecule has 1 aliphatic rings. The molecule has 1 aromatic carbocycles. The molecule has 3 aromatic rings. The van der Waals surface area contributed by atoms with Crippen molar-refractivity contribution in [3.05, 3.63) is 59.1 Å². The number of piperidine rings is 1. The van der Waals surface area contributed by atoms with E-state index in [1.807, 2.05) is 29.2 Å². The molecular formula is C20H19ClN4O3. The molecule has 0 aliphatic carbocycles. The molecular weight excluding hydrogens is 380 g/mol. The number of benzene rings is 1. The van der Waals surface area contributed by atoms with Crippen molar-refractivity contribution in [1.29, 1.82) is 0 Å². The minimum absolute atomic E-state index is 0.0365. The van der Waals surface area contributed by atoms with Gasteiger partial charge >= 0.3 is 0 Å². The zero-order valence-corrected chi connectivity index (χ0v) is 16.1. The number of ether oxygens (including phenoxy) is 1. The van der Waals surface area contributed by atoms with Crippen LogP contribution in [0.4, 0.5) is 0 Å². The lowest BCUT2D eigenvalue weighted by Gasteiger charge is -2.30. The number of methoxy groups -OCH3 is 1. The summed E-state index contributed by atoms with van der Waals surface area (Å²) in [5.74, 6) is 1.91. The van der Waals surface area contributed by atoms with Crippen molar-refractivity contribution in [1.82, 2.24) is 20.0 Å². The third-order valence-electron chi connectivity index (χ3n) is 4.90. The van der Waals surface area contributed by atoms with Gasteiger partial charge < -0.3 is 14.2 Å². The first-order valence-corrected chi connectivity index (χ1v) is 9.41. The number of likely N-dealkylation sites (tertiary alicyclic amines) is 1. The minimum Gasteiger partial charge on any atom is -0.496 e. The number of aromatic nitrogens is 3. The van der Waals surface area contributed by atoms with Crippen molar-refractivity contribution in [3.8, 4) is 17.2 Å². The number of halogens is 1. The van der Waals surface area contributed by atoms with E-state index in [1.165, 1.54) is 0 Å². The van der Waals surface area contributed by atoms with E-state index in [9.17, 15) is 4.79 Å². The van der Waals surface area contributed by atoms with E-state index < -0.39 is 0 Å². The Labute approximate surface area is 167 Å². The summed E-state index contributed by atoms with van der Waals surface area (Å²) in [5, 5.41) is 4.48. The molecule has 4 rings (SSSR count). The van der Waals surface area contributed by atoms with E-state index in [-0.39, 0.29) is 11.8 Å². The SMILES string of the molecule is COc1ccccc1-c1nc(C2CCN(C(=O)c3ccnc(Cl)c3)CC2)no1. The fraction of sp³-hybridized carbons (Fsp3) is 0.300. The van der Waals surface area contributed by atoms with Crippen molar-refractivity contribution >= 4 is 17.5 Å². The lowest BCUT2D eigenvalue weighted by Crippen LogP contribution is -2.38. The molecule has 1 aliphatic heterocycles. The molecule has 28 heavy (non-hydrogen) atoms. The molecule has 1 fully saturated rings. The van der Waals surface area contributed by atoms with Crippen molar-refractivity contribution < 1.29 is 14.1 Å². The van der Waals surface area contributed by atoms with Crippen LogP contribution in [0.5, 0.6) is 5.75 Å². The highest BCUT2D eigenvalue weighted by Gasteiger charge is 2.28. The first-order chi connectivity index (χ1) is 13.7. The molecule has 0 unspecified atom stereocenters. The summed E-state index contributed by atoms with van der Waals surface area (Å²) in [6.45, 7) is 1.25. The van der Waals surface area contributed by atoms with Gasteiger partial charge in [0.25, 0.3) is 11.8 Å². The minimum atomic E-state index is -0.0365. The van der Waals surface area contributed by atoms with Crippen LogP contribution in [0.15, 0.2) is 47.1 Å². The third-order valence-corrected chi connectivity index (χ3v) is 5.11. The van der Waals surface area contributed by atoms with Gasteiger partial charge in [0.05, 0.1) is 12.7 Å². The van der Waals surface area contributed by atoms with Gasteiger partial charge in [0.15, 0.2) is 5.82 Å². The quantitative estimate of drug-likeness (QED) is 0.621. The largest absolute Gasteiger partial charge is 0.496 e. The van der Waals surface area contributed by atoms with E-state index in [0.29, 0.717) is 41.3 Å². The van der Waals surface area contributed by atoms with Gasteiger partial charge in [-0.15, -0.1) is 0 Å². The number of pyridine rings is 1. The highest BCUT2D eigenvalue weighted by molar-refractivity contribution is 6.29. The predicted octanol–water partition coefficient (Wildman–Crippen LogP) is 3.81. The molecule has 144 valence electrons. The maximum absolute atomic E-state index is 12.6.